The van der Waals surface area contributed by atoms with E-state index in [2.05, 4.69) is 15.3 Å². The van der Waals surface area contributed by atoms with Crippen molar-refractivity contribution in [2.45, 2.75) is 32.4 Å². The summed E-state index contributed by atoms with van der Waals surface area (Å²) in [6.07, 6.45) is 2.18. The number of nitrogens with one attached hydrogen (secondary N) is 1. The predicted molar refractivity (Wildman–Crippen MR) is 68.4 cm³/mol. The van der Waals surface area contributed by atoms with Crippen LogP contribution in [0.2, 0.25) is 0 Å². The summed E-state index contributed by atoms with van der Waals surface area (Å²) in [5.41, 5.74) is 0. The zero-order valence-corrected chi connectivity index (χ0v) is 11.0. The van der Waals surface area contributed by atoms with E-state index in [1.165, 1.54) is 6.20 Å². The van der Waals surface area contributed by atoms with E-state index in [4.69, 9.17) is 4.74 Å². The number of ether oxygens (including phenoxy) is 1. The van der Waals surface area contributed by atoms with Crippen molar-refractivity contribution in [2.75, 3.05) is 30.4 Å². The number of hydrogen-bond donors (Lipinski definition) is 1. The van der Waals surface area contributed by atoms with Crippen LogP contribution in [-0.2, 0) is 4.74 Å². The second-order valence-electron chi connectivity index (χ2n) is 4.44. The maximum absolute atomic E-state index is 13.8. The fourth-order valence-electron chi connectivity index (χ4n) is 2.23. The van der Waals surface area contributed by atoms with Gasteiger partial charge in [0.1, 0.15) is 0 Å². The fourth-order valence-corrected chi connectivity index (χ4v) is 2.23. The molecule has 100 valence electrons. The second-order valence-corrected chi connectivity index (χ2v) is 4.44. The molecular formula is C12H19FN4O. The van der Waals surface area contributed by atoms with Gasteiger partial charge < -0.3 is 15.0 Å². The normalized spacial score (nSPS) is 23.1. The van der Waals surface area contributed by atoms with Crippen molar-refractivity contribution in [3.05, 3.63) is 12.0 Å². The lowest BCUT2D eigenvalue weighted by atomic mass is 10.1. The summed E-state index contributed by atoms with van der Waals surface area (Å²) in [6, 6.07) is 0.156. The minimum Gasteiger partial charge on any atom is -0.376 e. The Kier molecular flexibility index (Phi) is 3.96. The van der Waals surface area contributed by atoms with E-state index in [0.717, 1.165) is 6.42 Å². The van der Waals surface area contributed by atoms with E-state index in [1.54, 1.807) is 0 Å². The van der Waals surface area contributed by atoms with Crippen LogP contribution in [0.1, 0.15) is 20.3 Å². The highest BCUT2D eigenvalue weighted by atomic mass is 19.1. The van der Waals surface area contributed by atoms with Crippen LogP contribution in [0.3, 0.4) is 0 Å². The van der Waals surface area contributed by atoms with Gasteiger partial charge in [0, 0.05) is 20.2 Å². The van der Waals surface area contributed by atoms with Crippen LogP contribution in [0, 0.1) is 5.82 Å². The minimum absolute atomic E-state index is 0.0898. The molecule has 0 bridgehead atoms. The molecule has 2 rings (SSSR count). The number of hydrogen-bond acceptors (Lipinski definition) is 5. The van der Waals surface area contributed by atoms with Gasteiger partial charge in [-0.3, -0.25) is 0 Å². The molecule has 0 spiro atoms. The zero-order chi connectivity index (χ0) is 13.1. The van der Waals surface area contributed by atoms with Crippen LogP contribution in [0.15, 0.2) is 6.20 Å². The van der Waals surface area contributed by atoms with E-state index in [-0.39, 0.29) is 12.1 Å². The van der Waals surface area contributed by atoms with Crippen molar-refractivity contribution in [3.63, 3.8) is 0 Å². The average molecular weight is 254 g/mol. The average Bonchev–Trinajstić information content (AvgIpc) is 2.77. The van der Waals surface area contributed by atoms with Crippen LogP contribution in [0.25, 0.3) is 0 Å². The molecule has 1 aliphatic heterocycles. The number of aromatic nitrogens is 2. The molecule has 0 aliphatic carbocycles. The quantitative estimate of drug-likeness (QED) is 0.885. The second kappa shape index (κ2) is 5.48. The SMILES string of the molecule is CCNc1ncc(F)c(N(C)C2CCOC2C)n1. The van der Waals surface area contributed by atoms with Gasteiger partial charge >= 0.3 is 0 Å². The molecule has 0 radical (unpaired) electrons. The molecule has 5 nitrogen and oxygen atoms in total. The minimum atomic E-state index is -0.404. The van der Waals surface area contributed by atoms with Crippen molar-refractivity contribution in [1.82, 2.24) is 9.97 Å². The van der Waals surface area contributed by atoms with E-state index < -0.39 is 5.82 Å². The molecule has 1 fully saturated rings. The lowest BCUT2D eigenvalue weighted by molar-refractivity contribution is 0.118. The molecule has 0 amide bonds. The van der Waals surface area contributed by atoms with Gasteiger partial charge in [-0.15, -0.1) is 0 Å². The Morgan fingerprint density at radius 1 is 1.61 bits per heavy atom. The van der Waals surface area contributed by atoms with Crippen molar-refractivity contribution in [1.29, 1.82) is 0 Å². The van der Waals surface area contributed by atoms with Crippen molar-refractivity contribution in [3.8, 4) is 0 Å². The first-order valence-electron chi connectivity index (χ1n) is 6.24. The van der Waals surface area contributed by atoms with Gasteiger partial charge in [-0.2, -0.15) is 4.98 Å². The maximum atomic E-state index is 13.8. The zero-order valence-electron chi connectivity index (χ0n) is 11.0. The van der Waals surface area contributed by atoms with Gasteiger partial charge in [0.25, 0.3) is 0 Å². The first kappa shape index (κ1) is 13.0. The Hall–Kier alpha value is -1.43. The molecule has 0 aromatic carbocycles. The molecule has 0 saturated carbocycles. The number of halogens is 1. The number of anilines is 2. The molecule has 2 unspecified atom stereocenters. The Bertz CT molecular complexity index is 415. The summed E-state index contributed by atoms with van der Waals surface area (Å²) in [7, 11) is 1.84. The molecule has 2 atom stereocenters. The molecule has 18 heavy (non-hydrogen) atoms. The lowest BCUT2D eigenvalue weighted by Gasteiger charge is -2.28. The summed E-state index contributed by atoms with van der Waals surface area (Å²) < 4.78 is 19.3. The Morgan fingerprint density at radius 2 is 2.39 bits per heavy atom. The lowest BCUT2D eigenvalue weighted by Crippen LogP contribution is -2.38. The number of rotatable bonds is 4. The highest BCUT2D eigenvalue weighted by Crippen LogP contribution is 2.25. The Labute approximate surface area is 106 Å². The standard InChI is InChI=1S/C12H19FN4O/c1-4-14-12-15-7-9(13)11(16-12)17(3)10-5-6-18-8(10)2/h7-8,10H,4-6H2,1-3H3,(H,14,15,16). The van der Waals surface area contributed by atoms with Gasteiger partial charge in [-0.25, -0.2) is 9.37 Å². The number of nitrogens with zero attached hydrogens (tertiary/aromatic N) is 3. The van der Waals surface area contributed by atoms with Crippen LogP contribution in [-0.4, -0.2) is 42.3 Å². The van der Waals surface area contributed by atoms with Crippen LogP contribution < -0.4 is 10.2 Å². The van der Waals surface area contributed by atoms with Crippen molar-refractivity contribution in [2.24, 2.45) is 0 Å². The van der Waals surface area contributed by atoms with Gasteiger partial charge in [-0.1, -0.05) is 0 Å². The Balaban J connectivity index is 2.22. The molecule has 1 aliphatic rings. The van der Waals surface area contributed by atoms with E-state index in [9.17, 15) is 4.39 Å². The molecule has 6 heteroatoms. The number of likely N-dealkylation sites (N-methyl/N-ethyl adjacent to an activating group) is 1. The maximum Gasteiger partial charge on any atom is 0.224 e. The van der Waals surface area contributed by atoms with Gasteiger partial charge in [0.15, 0.2) is 11.6 Å². The van der Waals surface area contributed by atoms with Gasteiger partial charge in [0.2, 0.25) is 5.95 Å². The predicted octanol–water partition coefficient (Wildman–Crippen LogP) is 1.66. The molecule has 1 aromatic rings. The molecule has 1 saturated heterocycles. The third-order valence-electron chi connectivity index (χ3n) is 3.23. The van der Waals surface area contributed by atoms with Gasteiger partial charge in [0.05, 0.1) is 18.3 Å². The topological polar surface area (TPSA) is 50.3 Å². The molecule has 2 heterocycles. The molecular weight excluding hydrogens is 235 g/mol. The highest BCUT2D eigenvalue weighted by Gasteiger charge is 2.30. The Morgan fingerprint density at radius 3 is 3.00 bits per heavy atom. The first-order valence-corrected chi connectivity index (χ1v) is 6.24. The largest absolute Gasteiger partial charge is 0.376 e. The van der Waals surface area contributed by atoms with E-state index in [1.807, 2.05) is 25.8 Å². The third-order valence-corrected chi connectivity index (χ3v) is 3.23. The molecule has 1 aromatic heterocycles. The van der Waals surface area contributed by atoms with Crippen LogP contribution in [0.5, 0.6) is 0 Å². The van der Waals surface area contributed by atoms with Crippen LogP contribution >= 0.6 is 0 Å². The van der Waals surface area contributed by atoms with Crippen LogP contribution in [0.4, 0.5) is 16.2 Å². The van der Waals surface area contributed by atoms with E-state index in [0.29, 0.717) is 24.9 Å². The summed E-state index contributed by atoms with van der Waals surface area (Å²) in [5.74, 6) is 0.369. The van der Waals surface area contributed by atoms with Crippen molar-refractivity contribution < 1.29 is 9.13 Å². The fraction of sp³-hybridized carbons (Fsp3) is 0.667. The summed E-state index contributed by atoms with van der Waals surface area (Å²) in [5, 5.41) is 2.98. The third kappa shape index (κ3) is 2.53. The summed E-state index contributed by atoms with van der Waals surface area (Å²) >= 11 is 0. The first-order chi connectivity index (χ1) is 8.63. The summed E-state index contributed by atoms with van der Waals surface area (Å²) in [6.45, 7) is 5.36. The summed E-state index contributed by atoms with van der Waals surface area (Å²) in [4.78, 5) is 9.96. The molecule has 1 N–H and O–H groups in total. The van der Waals surface area contributed by atoms with Gasteiger partial charge in [-0.05, 0) is 20.3 Å². The van der Waals surface area contributed by atoms with Crippen molar-refractivity contribution >= 4 is 11.8 Å². The monoisotopic (exact) mass is 254 g/mol. The van der Waals surface area contributed by atoms with E-state index >= 15 is 0 Å². The highest BCUT2D eigenvalue weighted by molar-refractivity contribution is 5.44. The smallest absolute Gasteiger partial charge is 0.224 e.